The molecule has 0 aliphatic carbocycles. The molecule has 2 aromatic rings. The first-order valence-corrected chi connectivity index (χ1v) is 7.99. The normalized spacial score (nSPS) is 15.3. The lowest BCUT2D eigenvalue weighted by Crippen LogP contribution is -2.31. The molecule has 1 aliphatic rings. The largest absolute Gasteiger partial charge is 0.460 e. The number of nitrogens with zero attached hydrogens (tertiary/aromatic N) is 2. The van der Waals surface area contributed by atoms with Crippen molar-refractivity contribution in [1.82, 2.24) is 0 Å². The summed E-state index contributed by atoms with van der Waals surface area (Å²) in [4.78, 5) is 36.7. The topological polar surface area (TPSA) is 99.0 Å². The molecule has 0 spiro atoms. The molecule has 1 heterocycles. The Labute approximate surface area is 149 Å². The molecule has 0 fully saturated rings. The van der Waals surface area contributed by atoms with Gasteiger partial charge >= 0.3 is 11.9 Å². The summed E-state index contributed by atoms with van der Waals surface area (Å²) in [5.41, 5.74) is 0.851. The molecule has 0 atom stereocenters. The Kier molecular flexibility index (Phi) is 5.12. The highest BCUT2D eigenvalue weighted by atomic mass is 16.6. The van der Waals surface area contributed by atoms with Crippen LogP contribution in [0, 0.1) is 10.1 Å². The van der Waals surface area contributed by atoms with E-state index in [1.165, 1.54) is 24.3 Å². The van der Waals surface area contributed by atoms with Crippen molar-refractivity contribution in [3.63, 3.8) is 0 Å². The number of esters is 2. The number of hydrogen-bond donors (Lipinski definition) is 0. The van der Waals surface area contributed by atoms with E-state index in [-0.39, 0.29) is 30.0 Å². The maximum absolute atomic E-state index is 12.2. The fourth-order valence-corrected chi connectivity index (χ4v) is 2.66. The van der Waals surface area contributed by atoms with Crippen LogP contribution in [0.1, 0.15) is 20.7 Å². The summed E-state index contributed by atoms with van der Waals surface area (Å²) in [5.74, 6) is -1.23. The van der Waals surface area contributed by atoms with Crippen LogP contribution >= 0.6 is 0 Å². The summed E-state index contributed by atoms with van der Waals surface area (Å²) in [6, 6.07) is 12.4. The quantitative estimate of drug-likeness (QED) is 0.463. The van der Waals surface area contributed by atoms with E-state index >= 15 is 0 Å². The number of cyclic esters (lactones) is 2. The van der Waals surface area contributed by atoms with Crippen molar-refractivity contribution in [3.05, 3.63) is 69.8 Å². The standard InChI is InChI=1S/C18H16N2O6/c21-17-15-6-1-2-7-16(15)18(22)26-11-9-19(8-10-25-17)13-4-3-5-14(12-13)20(23)24/h1-7,12H,8-11H2. The molecule has 8 heteroatoms. The minimum absolute atomic E-state index is 0.0433. The van der Waals surface area contributed by atoms with Gasteiger partial charge in [0, 0.05) is 17.8 Å². The third-order valence-corrected chi connectivity index (χ3v) is 3.96. The van der Waals surface area contributed by atoms with Gasteiger partial charge in [-0.1, -0.05) is 18.2 Å². The zero-order valence-corrected chi connectivity index (χ0v) is 13.8. The molecule has 0 N–H and O–H groups in total. The monoisotopic (exact) mass is 356 g/mol. The molecular formula is C18H16N2O6. The lowest BCUT2D eigenvalue weighted by Gasteiger charge is -2.23. The number of carbonyl (C=O) groups is 2. The fourth-order valence-electron chi connectivity index (χ4n) is 2.66. The second-order valence-corrected chi connectivity index (χ2v) is 5.58. The number of non-ortho nitro benzene ring substituents is 1. The third-order valence-electron chi connectivity index (χ3n) is 3.96. The van der Waals surface area contributed by atoms with Gasteiger partial charge in [0.05, 0.1) is 29.1 Å². The number of fused-ring (bicyclic) bond motifs is 1. The molecule has 1 aliphatic heterocycles. The number of rotatable bonds is 2. The smallest absolute Gasteiger partial charge is 0.339 e. The van der Waals surface area contributed by atoms with Gasteiger partial charge < -0.3 is 14.4 Å². The number of nitro benzene ring substituents is 1. The van der Waals surface area contributed by atoms with Crippen molar-refractivity contribution in [1.29, 1.82) is 0 Å². The predicted molar refractivity (Wildman–Crippen MR) is 92.3 cm³/mol. The second kappa shape index (κ2) is 7.64. The van der Waals surface area contributed by atoms with Gasteiger partial charge in [0.2, 0.25) is 0 Å². The van der Waals surface area contributed by atoms with Crippen LogP contribution in [-0.2, 0) is 9.47 Å². The van der Waals surface area contributed by atoms with Crippen molar-refractivity contribution in [2.75, 3.05) is 31.2 Å². The minimum Gasteiger partial charge on any atom is -0.460 e. The molecule has 8 nitrogen and oxygen atoms in total. The maximum Gasteiger partial charge on any atom is 0.339 e. The molecular weight excluding hydrogens is 340 g/mol. The zero-order valence-electron chi connectivity index (χ0n) is 13.8. The Balaban J connectivity index is 1.83. The molecule has 2 aromatic carbocycles. The molecule has 0 radical (unpaired) electrons. The summed E-state index contributed by atoms with van der Waals surface area (Å²) < 4.78 is 10.5. The Bertz CT molecular complexity index is 810. The molecule has 3 rings (SSSR count). The summed E-state index contributed by atoms with van der Waals surface area (Å²) in [5, 5.41) is 11.0. The zero-order chi connectivity index (χ0) is 18.5. The molecule has 26 heavy (non-hydrogen) atoms. The van der Waals surface area contributed by atoms with E-state index in [1.807, 2.05) is 0 Å². The van der Waals surface area contributed by atoms with E-state index < -0.39 is 16.9 Å². The van der Waals surface area contributed by atoms with Crippen LogP contribution in [0.25, 0.3) is 0 Å². The first kappa shape index (κ1) is 17.4. The predicted octanol–water partition coefficient (Wildman–Crippen LogP) is 2.43. The SMILES string of the molecule is O=C1OCCN(c2cccc([N+](=O)[O-])c2)CCOC(=O)c2ccccc21. The van der Waals surface area contributed by atoms with Gasteiger partial charge in [-0.2, -0.15) is 0 Å². The average Bonchev–Trinajstić information content (AvgIpc) is 2.68. The lowest BCUT2D eigenvalue weighted by atomic mass is 10.1. The maximum atomic E-state index is 12.2. The average molecular weight is 356 g/mol. The van der Waals surface area contributed by atoms with E-state index in [9.17, 15) is 19.7 Å². The van der Waals surface area contributed by atoms with E-state index in [1.54, 1.807) is 29.2 Å². The molecule has 0 aromatic heterocycles. The summed E-state index contributed by atoms with van der Waals surface area (Å²) in [7, 11) is 0. The number of ether oxygens (including phenoxy) is 2. The van der Waals surface area contributed by atoms with Gasteiger partial charge in [0.15, 0.2) is 0 Å². The van der Waals surface area contributed by atoms with Gasteiger partial charge in [0.1, 0.15) is 13.2 Å². The highest BCUT2D eigenvalue weighted by molar-refractivity contribution is 6.03. The van der Waals surface area contributed by atoms with Crippen LogP contribution < -0.4 is 4.90 Å². The van der Waals surface area contributed by atoms with E-state index in [0.29, 0.717) is 18.8 Å². The van der Waals surface area contributed by atoms with Crippen LogP contribution in [0.5, 0.6) is 0 Å². The van der Waals surface area contributed by atoms with Crippen LogP contribution in [0.15, 0.2) is 48.5 Å². The Morgan fingerprint density at radius 2 is 1.46 bits per heavy atom. The summed E-state index contributed by atoms with van der Waals surface area (Å²) in [6.07, 6.45) is 0. The van der Waals surface area contributed by atoms with Crippen LogP contribution in [-0.4, -0.2) is 43.2 Å². The van der Waals surface area contributed by atoms with Crippen LogP contribution in [0.4, 0.5) is 11.4 Å². The van der Waals surface area contributed by atoms with Crippen LogP contribution in [0.2, 0.25) is 0 Å². The number of nitro groups is 1. The van der Waals surface area contributed by atoms with Crippen molar-refractivity contribution in [2.45, 2.75) is 0 Å². The van der Waals surface area contributed by atoms with Gasteiger partial charge in [-0.15, -0.1) is 0 Å². The minimum atomic E-state index is -0.613. The lowest BCUT2D eigenvalue weighted by molar-refractivity contribution is -0.384. The van der Waals surface area contributed by atoms with E-state index in [4.69, 9.17) is 9.47 Å². The number of carbonyl (C=O) groups excluding carboxylic acids is 2. The first-order chi connectivity index (χ1) is 12.6. The van der Waals surface area contributed by atoms with Crippen molar-refractivity contribution >= 4 is 23.3 Å². The first-order valence-electron chi connectivity index (χ1n) is 7.99. The van der Waals surface area contributed by atoms with Gasteiger partial charge in [0.25, 0.3) is 5.69 Å². The van der Waals surface area contributed by atoms with Gasteiger partial charge in [-0.25, -0.2) is 9.59 Å². The van der Waals surface area contributed by atoms with Gasteiger partial charge in [-0.05, 0) is 18.2 Å². The third kappa shape index (κ3) is 3.80. The highest BCUT2D eigenvalue weighted by Crippen LogP contribution is 2.21. The highest BCUT2D eigenvalue weighted by Gasteiger charge is 2.21. The number of hydrogen-bond acceptors (Lipinski definition) is 7. The van der Waals surface area contributed by atoms with Crippen LogP contribution in [0.3, 0.4) is 0 Å². The second-order valence-electron chi connectivity index (χ2n) is 5.58. The molecule has 0 saturated heterocycles. The molecule has 134 valence electrons. The molecule has 0 amide bonds. The fraction of sp³-hybridized carbons (Fsp3) is 0.222. The summed E-state index contributed by atoms with van der Waals surface area (Å²) >= 11 is 0. The van der Waals surface area contributed by atoms with Crippen molar-refractivity contribution in [3.8, 4) is 0 Å². The van der Waals surface area contributed by atoms with E-state index in [0.717, 1.165) is 0 Å². The van der Waals surface area contributed by atoms with Gasteiger partial charge in [-0.3, -0.25) is 10.1 Å². The Morgan fingerprint density at radius 3 is 2.00 bits per heavy atom. The number of benzene rings is 2. The molecule has 0 saturated carbocycles. The number of anilines is 1. The Morgan fingerprint density at radius 1 is 0.885 bits per heavy atom. The summed E-state index contributed by atoms with van der Waals surface area (Å²) in [6.45, 7) is 0.771. The van der Waals surface area contributed by atoms with E-state index in [2.05, 4.69) is 0 Å². The van der Waals surface area contributed by atoms with Crippen molar-refractivity contribution < 1.29 is 24.0 Å². The van der Waals surface area contributed by atoms with Crippen molar-refractivity contribution in [2.24, 2.45) is 0 Å². The Hall–Kier alpha value is -3.42. The molecule has 0 unspecified atom stereocenters. The molecule has 0 bridgehead atoms.